The average molecular weight is 538 g/mol. The van der Waals surface area contributed by atoms with Gasteiger partial charge in [0.25, 0.3) is 0 Å². The van der Waals surface area contributed by atoms with Crippen LogP contribution in [0, 0.1) is 28.6 Å². The molecule has 1 saturated heterocycles. The predicted molar refractivity (Wildman–Crippen MR) is 144 cm³/mol. The number of rotatable bonds is 4. The smallest absolute Gasteiger partial charge is 0.309 e. The van der Waals surface area contributed by atoms with Crippen molar-refractivity contribution in [2.45, 2.75) is 111 Å². The van der Waals surface area contributed by atoms with E-state index in [0.717, 1.165) is 31.3 Å². The third-order valence-electron chi connectivity index (χ3n) is 9.48. The lowest BCUT2D eigenvalue weighted by Crippen LogP contribution is -2.54. The highest BCUT2D eigenvalue weighted by molar-refractivity contribution is 7.09. The maximum absolute atomic E-state index is 13.2. The summed E-state index contributed by atoms with van der Waals surface area (Å²) in [5.74, 6) is -1.22. The molecule has 1 aromatic rings. The number of aromatic nitrogens is 1. The molecule has 2 N–H and O–H groups in total. The standard InChI is InChI=1S/C29H44FNO5S/c1-7-28(5)10-8-9-20-14-29(6,27(35)19(4)26(20)34)23(32)13-25(33)36-22(12-18(28)3)17(2)11-21-16-37-24(15-30)31-21/h11,16,18-20,22-23,26,32,34H,7-10,12-15H2,1-6H3/b17-11+/t18-,19+,20+,22-,23-,26+,28-,29+/m0/s1. The molecule has 8 atom stereocenters. The van der Waals surface area contributed by atoms with E-state index in [0.29, 0.717) is 23.5 Å². The summed E-state index contributed by atoms with van der Waals surface area (Å²) in [5.41, 5.74) is 0.335. The van der Waals surface area contributed by atoms with Gasteiger partial charge in [-0.1, -0.05) is 47.5 Å². The van der Waals surface area contributed by atoms with Crippen molar-refractivity contribution in [2.24, 2.45) is 28.6 Å². The maximum atomic E-state index is 13.2. The third-order valence-corrected chi connectivity index (χ3v) is 10.3. The van der Waals surface area contributed by atoms with Crippen LogP contribution >= 0.6 is 11.3 Å². The molecule has 0 radical (unpaired) electrons. The molecule has 208 valence electrons. The number of carbonyl (C=O) groups is 2. The second-order valence-corrected chi connectivity index (χ2v) is 12.9. The van der Waals surface area contributed by atoms with Gasteiger partial charge in [0.15, 0.2) is 0 Å². The molecule has 3 rings (SSSR count). The van der Waals surface area contributed by atoms with Crippen LogP contribution in [0.4, 0.5) is 4.39 Å². The average Bonchev–Trinajstić information content (AvgIpc) is 3.31. The zero-order chi connectivity index (χ0) is 27.5. The molecule has 8 heteroatoms. The zero-order valence-electron chi connectivity index (χ0n) is 23.1. The minimum Gasteiger partial charge on any atom is -0.458 e. The van der Waals surface area contributed by atoms with Gasteiger partial charge in [-0.05, 0) is 61.5 Å². The molecule has 2 aliphatic rings. The van der Waals surface area contributed by atoms with E-state index in [9.17, 15) is 24.2 Å². The van der Waals surface area contributed by atoms with Gasteiger partial charge in [0.05, 0.1) is 29.7 Å². The summed E-state index contributed by atoms with van der Waals surface area (Å²) in [6.07, 6.45) is 3.65. The second kappa shape index (κ2) is 12.0. The van der Waals surface area contributed by atoms with E-state index < -0.39 is 42.3 Å². The molecular weight excluding hydrogens is 493 g/mol. The fourth-order valence-corrected chi connectivity index (χ4v) is 6.86. The van der Waals surface area contributed by atoms with Crippen LogP contribution in [0.5, 0.6) is 0 Å². The topological polar surface area (TPSA) is 96.7 Å². The van der Waals surface area contributed by atoms with E-state index >= 15 is 0 Å². The van der Waals surface area contributed by atoms with Crippen molar-refractivity contribution in [3.63, 3.8) is 0 Å². The van der Waals surface area contributed by atoms with Gasteiger partial charge in [-0.2, -0.15) is 0 Å². The number of alkyl halides is 1. The van der Waals surface area contributed by atoms with Crippen LogP contribution in [0.15, 0.2) is 11.0 Å². The first-order valence-corrected chi connectivity index (χ1v) is 14.5. The number of fused-ring (bicyclic) bond motifs is 2. The molecule has 0 aromatic carbocycles. The van der Waals surface area contributed by atoms with Crippen LogP contribution in [-0.4, -0.2) is 45.3 Å². The summed E-state index contributed by atoms with van der Waals surface area (Å²) in [6, 6.07) is 0. The summed E-state index contributed by atoms with van der Waals surface area (Å²) >= 11 is 1.25. The lowest BCUT2D eigenvalue weighted by molar-refractivity contribution is -0.162. The Morgan fingerprint density at radius 3 is 2.62 bits per heavy atom. The molecule has 37 heavy (non-hydrogen) atoms. The Morgan fingerprint density at radius 2 is 2.00 bits per heavy atom. The van der Waals surface area contributed by atoms with Gasteiger partial charge in [-0.3, -0.25) is 9.59 Å². The Bertz CT molecular complexity index is 995. The molecule has 2 heterocycles. The van der Waals surface area contributed by atoms with Gasteiger partial charge in [0.2, 0.25) is 0 Å². The number of carbonyl (C=O) groups excluding carboxylic acids is 2. The molecule has 1 saturated carbocycles. The van der Waals surface area contributed by atoms with Gasteiger partial charge >= 0.3 is 5.97 Å². The lowest BCUT2D eigenvalue weighted by atomic mass is 9.60. The summed E-state index contributed by atoms with van der Waals surface area (Å²) in [4.78, 5) is 30.6. The van der Waals surface area contributed by atoms with Crippen LogP contribution in [0.1, 0.15) is 97.2 Å². The van der Waals surface area contributed by atoms with Gasteiger partial charge in [-0.15, -0.1) is 11.3 Å². The highest BCUT2D eigenvalue weighted by Crippen LogP contribution is 2.46. The summed E-state index contributed by atoms with van der Waals surface area (Å²) in [7, 11) is 0. The third kappa shape index (κ3) is 6.51. The van der Waals surface area contributed by atoms with E-state index in [1.165, 1.54) is 11.3 Å². The van der Waals surface area contributed by atoms with E-state index in [1.54, 1.807) is 19.2 Å². The van der Waals surface area contributed by atoms with Crippen molar-refractivity contribution in [1.29, 1.82) is 0 Å². The first-order chi connectivity index (χ1) is 17.3. The molecule has 2 bridgehead atoms. The van der Waals surface area contributed by atoms with Crippen LogP contribution in [0.3, 0.4) is 0 Å². The van der Waals surface area contributed by atoms with Gasteiger partial charge in [0, 0.05) is 11.3 Å². The number of esters is 1. The number of hydrogen-bond acceptors (Lipinski definition) is 7. The number of nitrogens with zero attached hydrogens (tertiary/aromatic N) is 1. The molecule has 0 unspecified atom stereocenters. The minimum absolute atomic E-state index is 0.000946. The van der Waals surface area contributed by atoms with Crippen LogP contribution in [0.25, 0.3) is 6.08 Å². The van der Waals surface area contributed by atoms with Crippen molar-refractivity contribution in [3.8, 4) is 0 Å². The number of halogens is 1. The number of thiazole rings is 1. The molecular formula is C29H44FNO5S. The molecule has 6 nitrogen and oxygen atoms in total. The fourth-order valence-electron chi connectivity index (χ4n) is 6.26. The lowest BCUT2D eigenvalue weighted by Gasteiger charge is -2.46. The Hall–Kier alpha value is -1.64. The molecule has 1 aliphatic heterocycles. The molecule has 0 spiro atoms. The fraction of sp³-hybridized carbons (Fsp3) is 0.759. The summed E-state index contributed by atoms with van der Waals surface area (Å²) < 4.78 is 19.0. The Labute approximate surface area is 224 Å². The zero-order valence-corrected chi connectivity index (χ0v) is 23.9. The molecule has 1 aliphatic carbocycles. The summed E-state index contributed by atoms with van der Waals surface area (Å²) in [6.45, 7) is 11.4. The molecule has 1 aromatic heterocycles. The van der Waals surface area contributed by atoms with Crippen molar-refractivity contribution in [1.82, 2.24) is 4.98 Å². The highest BCUT2D eigenvalue weighted by atomic mass is 32.1. The highest BCUT2D eigenvalue weighted by Gasteiger charge is 2.52. The second-order valence-electron chi connectivity index (χ2n) is 11.9. The van der Waals surface area contributed by atoms with Crippen molar-refractivity contribution in [2.75, 3.05) is 0 Å². The van der Waals surface area contributed by atoms with Crippen molar-refractivity contribution >= 4 is 29.2 Å². The van der Waals surface area contributed by atoms with Gasteiger partial charge in [0.1, 0.15) is 23.6 Å². The normalized spacial score (nSPS) is 38.7. The van der Waals surface area contributed by atoms with E-state index in [2.05, 4.69) is 25.8 Å². The van der Waals surface area contributed by atoms with Crippen LogP contribution in [-0.2, 0) is 21.0 Å². The van der Waals surface area contributed by atoms with Gasteiger partial charge in [-0.25, -0.2) is 9.37 Å². The number of hydrogen-bond donors (Lipinski definition) is 2. The number of aliphatic hydroxyl groups is 2. The molecule has 2 fully saturated rings. The minimum atomic E-state index is -1.19. The number of ether oxygens (including phenoxy) is 1. The Morgan fingerprint density at radius 1 is 1.30 bits per heavy atom. The summed E-state index contributed by atoms with van der Waals surface area (Å²) in [5, 5.41) is 24.2. The Balaban J connectivity index is 1.94. The van der Waals surface area contributed by atoms with E-state index in [-0.39, 0.29) is 29.5 Å². The van der Waals surface area contributed by atoms with Crippen LogP contribution < -0.4 is 0 Å². The predicted octanol–water partition coefficient (Wildman–Crippen LogP) is 5.90. The number of ketones is 1. The first kappa shape index (κ1) is 29.9. The van der Waals surface area contributed by atoms with Gasteiger partial charge < -0.3 is 14.9 Å². The van der Waals surface area contributed by atoms with Crippen molar-refractivity contribution in [3.05, 3.63) is 21.7 Å². The first-order valence-electron chi connectivity index (χ1n) is 13.6. The monoisotopic (exact) mass is 537 g/mol. The van der Waals surface area contributed by atoms with Crippen molar-refractivity contribution < 1.29 is 28.9 Å². The maximum Gasteiger partial charge on any atom is 0.309 e. The SMILES string of the molecule is CC[C@@]1(C)CCC[C@@H]2C[C@@](C)(C(=O)[C@H](C)[C@H]2O)[C@@H](O)CC(=O)O[C@H](/C(C)=C/c2csc(CF)n2)C[C@@H]1C. The number of cyclic esters (lactones) is 1. The van der Waals surface area contributed by atoms with E-state index in [1.807, 2.05) is 13.0 Å². The largest absolute Gasteiger partial charge is 0.458 e. The van der Waals surface area contributed by atoms with E-state index in [4.69, 9.17) is 4.74 Å². The quantitative estimate of drug-likeness (QED) is 0.465. The van der Waals surface area contributed by atoms with Crippen LogP contribution in [0.2, 0.25) is 0 Å². The number of Topliss-reactive ketones (excluding diaryl/α,β-unsaturated/α-hetero) is 1. The number of aliphatic hydroxyl groups excluding tert-OH is 2. The Kier molecular flexibility index (Phi) is 9.73. The molecule has 0 amide bonds.